The highest BCUT2D eigenvalue weighted by Crippen LogP contribution is 2.22. The van der Waals surface area contributed by atoms with Gasteiger partial charge in [-0.15, -0.1) is 0 Å². The monoisotopic (exact) mass is 285 g/mol. The number of amides is 3. The second-order valence-corrected chi connectivity index (χ2v) is 4.96. The van der Waals surface area contributed by atoms with Crippen LogP contribution in [-0.4, -0.2) is 36.5 Å². The van der Waals surface area contributed by atoms with Gasteiger partial charge < -0.3 is 20.4 Å². The third-order valence-corrected chi connectivity index (χ3v) is 3.51. The number of urea groups is 1. The SMILES string of the molecule is NC(=O)NCC1CCCN(C(=O)c2ccoc2Cl)C1. The van der Waals surface area contributed by atoms with Crippen molar-refractivity contribution in [1.82, 2.24) is 10.2 Å². The van der Waals surface area contributed by atoms with Crippen molar-refractivity contribution < 1.29 is 14.0 Å². The molecule has 6 nitrogen and oxygen atoms in total. The minimum Gasteiger partial charge on any atom is -0.452 e. The summed E-state index contributed by atoms with van der Waals surface area (Å²) in [6.45, 7) is 1.76. The summed E-state index contributed by atoms with van der Waals surface area (Å²) >= 11 is 5.81. The van der Waals surface area contributed by atoms with E-state index in [0.29, 0.717) is 25.2 Å². The maximum absolute atomic E-state index is 12.2. The van der Waals surface area contributed by atoms with E-state index in [1.54, 1.807) is 11.0 Å². The summed E-state index contributed by atoms with van der Waals surface area (Å²) in [7, 11) is 0. The lowest BCUT2D eigenvalue weighted by atomic mass is 9.97. The molecule has 0 aliphatic carbocycles. The van der Waals surface area contributed by atoms with E-state index in [9.17, 15) is 9.59 Å². The van der Waals surface area contributed by atoms with Gasteiger partial charge in [0, 0.05) is 19.6 Å². The Morgan fingerprint density at radius 3 is 3.00 bits per heavy atom. The zero-order valence-electron chi connectivity index (χ0n) is 10.4. The predicted molar refractivity (Wildman–Crippen MR) is 69.9 cm³/mol. The molecule has 0 aromatic carbocycles. The van der Waals surface area contributed by atoms with Crippen LogP contribution in [0.4, 0.5) is 4.79 Å². The third-order valence-electron chi connectivity index (χ3n) is 3.22. The highest BCUT2D eigenvalue weighted by molar-refractivity contribution is 6.32. The lowest BCUT2D eigenvalue weighted by Gasteiger charge is -2.32. The Labute approximate surface area is 115 Å². The third kappa shape index (κ3) is 3.41. The topological polar surface area (TPSA) is 88.6 Å². The molecule has 2 rings (SSSR count). The zero-order chi connectivity index (χ0) is 13.8. The Bertz CT molecular complexity index is 475. The summed E-state index contributed by atoms with van der Waals surface area (Å²) in [6, 6.07) is 1.02. The fraction of sp³-hybridized carbons (Fsp3) is 0.500. The number of hydrogen-bond donors (Lipinski definition) is 2. The van der Waals surface area contributed by atoms with E-state index >= 15 is 0 Å². The predicted octanol–water partition coefficient (Wildman–Crippen LogP) is 1.45. The summed E-state index contributed by atoms with van der Waals surface area (Å²) in [5.74, 6) is 0.0819. The lowest BCUT2D eigenvalue weighted by molar-refractivity contribution is 0.0674. The quantitative estimate of drug-likeness (QED) is 0.881. The Morgan fingerprint density at radius 2 is 2.37 bits per heavy atom. The first-order valence-electron chi connectivity index (χ1n) is 6.13. The van der Waals surface area contributed by atoms with Gasteiger partial charge in [0.15, 0.2) is 0 Å². The van der Waals surface area contributed by atoms with Crippen molar-refractivity contribution in [3.8, 4) is 0 Å². The highest BCUT2D eigenvalue weighted by atomic mass is 35.5. The summed E-state index contributed by atoms with van der Waals surface area (Å²) in [6.07, 6.45) is 3.25. The maximum Gasteiger partial charge on any atom is 0.312 e. The van der Waals surface area contributed by atoms with Crippen LogP contribution in [0.15, 0.2) is 16.7 Å². The number of piperidine rings is 1. The molecule has 2 heterocycles. The van der Waals surface area contributed by atoms with Gasteiger partial charge in [0.1, 0.15) is 0 Å². The highest BCUT2D eigenvalue weighted by Gasteiger charge is 2.26. The molecule has 0 bridgehead atoms. The van der Waals surface area contributed by atoms with E-state index in [0.717, 1.165) is 12.8 Å². The molecule has 1 atom stereocenters. The van der Waals surface area contributed by atoms with Gasteiger partial charge >= 0.3 is 6.03 Å². The molecule has 19 heavy (non-hydrogen) atoms. The van der Waals surface area contributed by atoms with Gasteiger partial charge in [-0.05, 0) is 36.4 Å². The average molecular weight is 286 g/mol. The fourth-order valence-electron chi connectivity index (χ4n) is 2.28. The normalized spacial score (nSPS) is 19.2. The number of nitrogens with one attached hydrogen (secondary N) is 1. The molecule has 0 spiro atoms. The molecule has 1 fully saturated rings. The summed E-state index contributed by atoms with van der Waals surface area (Å²) in [5.41, 5.74) is 5.42. The van der Waals surface area contributed by atoms with Crippen LogP contribution in [-0.2, 0) is 0 Å². The van der Waals surface area contributed by atoms with Crippen molar-refractivity contribution in [2.24, 2.45) is 11.7 Å². The number of halogens is 1. The molecule has 1 aliphatic rings. The van der Waals surface area contributed by atoms with Crippen LogP contribution in [0, 0.1) is 5.92 Å². The number of carbonyl (C=O) groups is 2. The summed E-state index contributed by atoms with van der Waals surface area (Å²) in [5, 5.41) is 2.69. The molecular formula is C12H16ClN3O3. The number of rotatable bonds is 3. The maximum atomic E-state index is 12.2. The Hall–Kier alpha value is -1.69. The number of nitrogens with two attached hydrogens (primary N) is 1. The molecule has 3 N–H and O–H groups in total. The van der Waals surface area contributed by atoms with Crippen molar-refractivity contribution in [2.45, 2.75) is 12.8 Å². The van der Waals surface area contributed by atoms with E-state index in [1.165, 1.54) is 6.26 Å². The molecule has 3 amide bonds. The van der Waals surface area contributed by atoms with E-state index in [1.807, 2.05) is 0 Å². The molecule has 104 valence electrons. The van der Waals surface area contributed by atoms with Gasteiger partial charge in [-0.25, -0.2) is 4.79 Å². The van der Waals surface area contributed by atoms with Crippen LogP contribution >= 0.6 is 11.6 Å². The largest absolute Gasteiger partial charge is 0.452 e. The van der Waals surface area contributed by atoms with E-state index in [2.05, 4.69) is 5.32 Å². The molecule has 1 aromatic heterocycles. The van der Waals surface area contributed by atoms with Gasteiger partial charge in [-0.3, -0.25) is 4.79 Å². The first-order valence-corrected chi connectivity index (χ1v) is 6.51. The molecule has 7 heteroatoms. The van der Waals surface area contributed by atoms with Crippen molar-refractivity contribution in [3.63, 3.8) is 0 Å². The van der Waals surface area contributed by atoms with Gasteiger partial charge in [-0.1, -0.05) is 0 Å². The van der Waals surface area contributed by atoms with Gasteiger partial charge in [0.05, 0.1) is 11.8 Å². The molecular weight excluding hydrogens is 270 g/mol. The smallest absolute Gasteiger partial charge is 0.312 e. The second kappa shape index (κ2) is 5.97. The number of carbonyl (C=O) groups excluding carboxylic acids is 2. The number of primary amides is 1. The lowest BCUT2D eigenvalue weighted by Crippen LogP contribution is -2.44. The van der Waals surface area contributed by atoms with Crippen LogP contribution in [0.2, 0.25) is 5.22 Å². The van der Waals surface area contributed by atoms with Crippen molar-refractivity contribution in [1.29, 1.82) is 0 Å². The zero-order valence-corrected chi connectivity index (χ0v) is 11.2. The van der Waals surface area contributed by atoms with Crippen molar-refractivity contribution >= 4 is 23.5 Å². The molecule has 1 saturated heterocycles. The van der Waals surface area contributed by atoms with Crippen LogP contribution in [0.1, 0.15) is 23.2 Å². The first-order chi connectivity index (χ1) is 9.08. The van der Waals surface area contributed by atoms with Crippen LogP contribution < -0.4 is 11.1 Å². The standard InChI is InChI=1S/C12H16ClN3O3/c13-10-9(3-5-19-10)11(17)16-4-1-2-8(7-16)6-15-12(14)18/h3,5,8H,1-2,4,6-7H2,(H3,14,15,18). The average Bonchev–Trinajstić information content (AvgIpc) is 2.82. The first kappa shape index (κ1) is 13.7. The van der Waals surface area contributed by atoms with E-state index in [4.69, 9.17) is 21.8 Å². The van der Waals surface area contributed by atoms with E-state index < -0.39 is 6.03 Å². The van der Waals surface area contributed by atoms with Crippen molar-refractivity contribution in [3.05, 3.63) is 23.1 Å². The van der Waals surface area contributed by atoms with Crippen LogP contribution in [0.5, 0.6) is 0 Å². The fourth-order valence-corrected chi connectivity index (χ4v) is 2.47. The van der Waals surface area contributed by atoms with Gasteiger partial charge in [0.2, 0.25) is 5.22 Å². The molecule has 0 radical (unpaired) electrons. The number of hydrogen-bond acceptors (Lipinski definition) is 3. The molecule has 0 saturated carbocycles. The van der Waals surface area contributed by atoms with Crippen molar-refractivity contribution in [2.75, 3.05) is 19.6 Å². The number of furan rings is 1. The Morgan fingerprint density at radius 1 is 1.58 bits per heavy atom. The van der Waals surface area contributed by atoms with Crippen LogP contribution in [0.3, 0.4) is 0 Å². The van der Waals surface area contributed by atoms with E-state index in [-0.39, 0.29) is 17.0 Å². The summed E-state index contributed by atoms with van der Waals surface area (Å²) < 4.78 is 4.93. The van der Waals surface area contributed by atoms with Gasteiger partial charge in [0.25, 0.3) is 5.91 Å². The van der Waals surface area contributed by atoms with Gasteiger partial charge in [-0.2, -0.15) is 0 Å². The Balaban J connectivity index is 1.95. The molecule has 1 aromatic rings. The number of nitrogens with zero attached hydrogens (tertiary/aromatic N) is 1. The molecule has 1 aliphatic heterocycles. The van der Waals surface area contributed by atoms with Crippen LogP contribution in [0.25, 0.3) is 0 Å². The minimum absolute atomic E-state index is 0.113. The minimum atomic E-state index is -0.540. The Kier molecular flexibility index (Phi) is 4.31. The molecule has 1 unspecified atom stereocenters. The number of likely N-dealkylation sites (tertiary alicyclic amines) is 1. The second-order valence-electron chi connectivity index (χ2n) is 4.61. The summed E-state index contributed by atoms with van der Waals surface area (Å²) in [4.78, 5) is 24.7.